The minimum absolute atomic E-state index is 0.219. The fraction of sp³-hybridized carbons (Fsp3) is 0.333. The smallest absolute Gasteiger partial charge is 0.324 e. The Hall–Kier alpha value is -3.99. The topological polar surface area (TPSA) is 126 Å². The van der Waals surface area contributed by atoms with Crippen molar-refractivity contribution in [2.24, 2.45) is 32.8 Å². The summed E-state index contributed by atoms with van der Waals surface area (Å²) >= 11 is 0. The average Bonchev–Trinajstić information content (AvgIpc) is 3.39. The van der Waals surface area contributed by atoms with Crippen LogP contribution in [0.5, 0.6) is 11.8 Å². The summed E-state index contributed by atoms with van der Waals surface area (Å²) in [5, 5.41) is 11.0. The number of nitrogens with two attached hydrogens (primary N) is 1. The summed E-state index contributed by atoms with van der Waals surface area (Å²) in [5.41, 5.74) is 11.1. The largest absolute Gasteiger partial charge is 0.423 e. The van der Waals surface area contributed by atoms with Gasteiger partial charge in [0.1, 0.15) is 17.4 Å². The molecular weight excluding hydrogens is 449 g/mol. The molecule has 2 aliphatic heterocycles. The quantitative estimate of drug-likeness (QED) is 0.458. The minimum Gasteiger partial charge on any atom is -0.423 e. The number of aliphatic imine (C=N–C) groups is 1. The van der Waals surface area contributed by atoms with E-state index in [0.717, 1.165) is 47.0 Å². The normalized spacial score (nSPS) is 23.1. The lowest BCUT2D eigenvalue weighted by atomic mass is 10.0. The molecule has 176 valence electrons. The molecule has 2 fully saturated rings. The van der Waals surface area contributed by atoms with Crippen molar-refractivity contribution in [3.8, 4) is 22.9 Å². The Labute approximate surface area is 200 Å². The highest BCUT2D eigenvalue weighted by atomic mass is 19.1. The van der Waals surface area contributed by atoms with E-state index in [0.29, 0.717) is 42.1 Å². The van der Waals surface area contributed by atoms with Gasteiger partial charge in [0.15, 0.2) is 12.5 Å². The SMILES string of the molecule is CNc1cc(F)cc2c1Cc1nc(Oc3cncc(C4=NCN=N4)c3)nc(N3CC4C(N)C4C3)c1-2. The minimum atomic E-state index is -0.298. The third-order valence-electron chi connectivity index (χ3n) is 7.23. The van der Waals surface area contributed by atoms with Crippen LogP contribution in [0.1, 0.15) is 16.8 Å². The fourth-order valence-electron chi connectivity index (χ4n) is 5.42. The van der Waals surface area contributed by atoms with Crippen molar-refractivity contribution >= 4 is 17.3 Å². The van der Waals surface area contributed by atoms with E-state index in [4.69, 9.17) is 20.4 Å². The monoisotopic (exact) mass is 471 g/mol. The van der Waals surface area contributed by atoms with Gasteiger partial charge < -0.3 is 20.7 Å². The number of benzene rings is 1. The van der Waals surface area contributed by atoms with Gasteiger partial charge in [-0.15, -0.1) is 5.11 Å². The molecule has 0 radical (unpaired) electrons. The number of pyridine rings is 1. The van der Waals surface area contributed by atoms with E-state index in [2.05, 4.69) is 30.4 Å². The molecule has 7 rings (SSSR count). The van der Waals surface area contributed by atoms with Crippen LogP contribution < -0.4 is 20.7 Å². The van der Waals surface area contributed by atoms with Crippen LogP contribution in [0.15, 0.2) is 45.8 Å². The first-order chi connectivity index (χ1) is 17.1. The molecular formula is C24H22FN9O. The second kappa shape index (κ2) is 7.51. The zero-order valence-corrected chi connectivity index (χ0v) is 18.9. The summed E-state index contributed by atoms with van der Waals surface area (Å²) < 4.78 is 20.6. The number of amidine groups is 1. The number of azo groups is 1. The Bertz CT molecular complexity index is 1430. The van der Waals surface area contributed by atoms with Crippen molar-refractivity contribution in [3.63, 3.8) is 0 Å². The van der Waals surface area contributed by atoms with Crippen LogP contribution >= 0.6 is 0 Å². The lowest BCUT2D eigenvalue weighted by molar-refractivity contribution is 0.438. The molecule has 35 heavy (non-hydrogen) atoms. The van der Waals surface area contributed by atoms with Crippen LogP contribution in [0.3, 0.4) is 0 Å². The Balaban J connectivity index is 1.30. The predicted octanol–water partition coefficient (Wildman–Crippen LogP) is 2.98. The molecule has 3 N–H and O–H groups in total. The molecule has 10 nitrogen and oxygen atoms in total. The van der Waals surface area contributed by atoms with Crippen molar-refractivity contribution in [2.75, 3.05) is 37.0 Å². The van der Waals surface area contributed by atoms with Crippen LogP contribution in [0.4, 0.5) is 15.9 Å². The van der Waals surface area contributed by atoms with Gasteiger partial charge in [-0.2, -0.15) is 15.1 Å². The van der Waals surface area contributed by atoms with Gasteiger partial charge in [-0.1, -0.05) is 0 Å². The van der Waals surface area contributed by atoms with E-state index in [-0.39, 0.29) is 17.9 Å². The van der Waals surface area contributed by atoms with Crippen molar-refractivity contribution in [3.05, 3.63) is 53.2 Å². The Morgan fingerprint density at radius 1 is 1.14 bits per heavy atom. The lowest BCUT2D eigenvalue weighted by Gasteiger charge is -2.23. The lowest BCUT2D eigenvalue weighted by Crippen LogP contribution is -2.29. The first-order valence-corrected chi connectivity index (χ1v) is 11.6. The molecule has 0 amide bonds. The summed E-state index contributed by atoms with van der Waals surface area (Å²) in [7, 11) is 1.79. The number of rotatable bonds is 5. The molecule has 2 aromatic heterocycles. The number of hydrogen-bond donors (Lipinski definition) is 2. The number of aromatic nitrogens is 3. The van der Waals surface area contributed by atoms with E-state index in [1.807, 2.05) is 0 Å². The third-order valence-corrected chi connectivity index (χ3v) is 7.23. The number of halogens is 1. The molecule has 1 saturated heterocycles. The van der Waals surface area contributed by atoms with Crippen molar-refractivity contribution in [1.82, 2.24) is 15.0 Å². The number of nitrogens with zero attached hydrogens (tertiary/aromatic N) is 7. The number of hydrogen-bond acceptors (Lipinski definition) is 10. The molecule has 0 spiro atoms. The zero-order valence-electron chi connectivity index (χ0n) is 18.9. The highest BCUT2D eigenvalue weighted by Gasteiger charge is 2.54. The number of ether oxygens (including phenoxy) is 1. The summed E-state index contributed by atoms with van der Waals surface area (Å²) in [5.74, 6) is 2.38. The van der Waals surface area contributed by atoms with Gasteiger partial charge in [0.05, 0.1) is 11.9 Å². The van der Waals surface area contributed by atoms with Crippen LogP contribution in [0.2, 0.25) is 0 Å². The van der Waals surface area contributed by atoms with E-state index < -0.39 is 0 Å². The second-order valence-corrected chi connectivity index (χ2v) is 9.24. The Kier molecular flexibility index (Phi) is 4.37. The maximum absolute atomic E-state index is 14.5. The summed E-state index contributed by atoms with van der Waals surface area (Å²) in [6.07, 6.45) is 3.82. The van der Waals surface area contributed by atoms with Gasteiger partial charge in [-0.3, -0.25) is 4.98 Å². The molecule has 4 heterocycles. The summed E-state index contributed by atoms with van der Waals surface area (Å²) in [6.45, 7) is 1.95. The van der Waals surface area contributed by atoms with Crippen LogP contribution in [0, 0.1) is 17.7 Å². The van der Waals surface area contributed by atoms with Gasteiger partial charge >= 0.3 is 6.01 Å². The van der Waals surface area contributed by atoms with Crippen LogP contribution in [-0.4, -0.2) is 53.6 Å². The number of fused-ring (bicyclic) bond motifs is 4. The molecule has 3 aromatic rings. The maximum atomic E-state index is 14.5. The van der Waals surface area contributed by atoms with E-state index in [9.17, 15) is 4.39 Å². The molecule has 1 aromatic carbocycles. The number of nitrogens with one attached hydrogen (secondary N) is 1. The first kappa shape index (κ1) is 20.4. The average molecular weight is 472 g/mol. The predicted molar refractivity (Wildman–Crippen MR) is 128 cm³/mol. The molecule has 2 aliphatic carbocycles. The van der Waals surface area contributed by atoms with Crippen molar-refractivity contribution in [1.29, 1.82) is 0 Å². The molecule has 4 aliphatic rings. The second-order valence-electron chi connectivity index (χ2n) is 9.24. The number of piperidine rings is 1. The number of anilines is 2. The highest BCUT2D eigenvalue weighted by molar-refractivity contribution is 5.99. The maximum Gasteiger partial charge on any atom is 0.324 e. The molecule has 11 heteroatoms. The van der Waals surface area contributed by atoms with E-state index >= 15 is 0 Å². The van der Waals surface area contributed by atoms with Gasteiger partial charge in [0.2, 0.25) is 0 Å². The standard InChI is InChI=1S/C24H22FN9O/c1-27-18-4-12(25)3-15-14(18)5-19-20(15)23(34-8-16-17(9-34)21(16)26)32-24(31-19)35-13-2-11(6-28-7-13)22-29-10-30-33-22/h2-4,6-7,16-17,21,27H,5,8-10,26H2,1H3. The summed E-state index contributed by atoms with van der Waals surface area (Å²) in [4.78, 5) is 20.3. The van der Waals surface area contributed by atoms with E-state index in [1.165, 1.54) is 6.07 Å². The van der Waals surface area contributed by atoms with Gasteiger partial charge in [0.25, 0.3) is 0 Å². The Morgan fingerprint density at radius 2 is 2.00 bits per heavy atom. The fourth-order valence-corrected chi connectivity index (χ4v) is 5.42. The van der Waals surface area contributed by atoms with Gasteiger partial charge in [-0.05, 0) is 41.2 Å². The molecule has 1 saturated carbocycles. The summed E-state index contributed by atoms with van der Waals surface area (Å²) in [6, 6.07) is 5.35. The van der Waals surface area contributed by atoms with Gasteiger partial charge in [0, 0.05) is 55.6 Å². The molecule has 2 unspecified atom stereocenters. The van der Waals surface area contributed by atoms with Crippen molar-refractivity contribution in [2.45, 2.75) is 12.5 Å². The third kappa shape index (κ3) is 3.26. The van der Waals surface area contributed by atoms with Crippen molar-refractivity contribution < 1.29 is 9.13 Å². The highest BCUT2D eigenvalue weighted by Crippen LogP contribution is 2.50. The van der Waals surface area contributed by atoms with Gasteiger partial charge in [-0.25, -0.2) is 9.38 Å². The van der Waals surface area contributed by atoms with Crippen LogP contribution in [0.25, 0.3) is 11.1 Å². The van der Waals surface area contributed by atoms with E-state index in [1.54, 1.807) is 31.6 Å². The molecule has 0 bridgehead atoms. The zero-order chi connectivity index (χ0) is 23.7. The van der Waals surface area contributed by atoms with Crippen LogP contribution in [-0.2, 0) is 6.42 Å². The molecule has 2 atom stereocenters. The Morgan fingerprint density at radius 3 is 2.77 bits per heavy atom. The first-order valence-electron chi connectivity index (χ1n) is 11.6.